The van der Waals surface area contributed by atoms with Crippen LogP contribution < -0.4 is 0 Å². The summed E-state index contributed by atoms with van der Waals surface area (Å²) in [7, 11) is 0.670. The Morgan fingerprint density at radius 1 is 1.00 bits per heavy atom. The maximum atomic E-state index is 11.5. The zero-order valence-electron chi connectivity index (χ0n) is 11.0. The largest absolute Gasteiger partial charge is 0.428 e. The summed E-state index contributed by atoms with van der Waals surface area (Å²) in [5, 5.41) is 0. The molecule has 1 aromatic rings. The summed E-state index contributed by atoms with van der Waals surface area (Å²) in [4.78, 5) is 22.9. The van der Waals surface area contributed by atoms with Crippen LogP contribution in [-0.4, -0.2) is 32.0 Å². The average molecular weight is 274 g/mol. The first-order valence-electron chi connectivity index (χ1n) is 6.74. The molecule has 2 aliphatic rings. The molecule has 2 aliphatic heterocycles. The molecular formula is C14H15BO5. The number of carbonyl (C=O) groups is 2. The van der Waals surface area contributed by atoms with Gasteiger partial charge in [-0.05, 0) is 11.4 Å². The molecule has 0 aromatic heterocycles. The van der Waals surface area contributed by atoms with E-state index < -0.39 is 0 Å². The van der Waals surface area contributed by atoms with Gasteiger partial charge < -0.3 is 14.2 Å². The smallest absolute Gasteiger partial charge is 0.308 e. The van der Waals surface area contributed by atoms with Crippen LogP contribution in [-0.2, 0) is 23.8 Å². The van der Waals surface area contributed by atoms with E-state index in [0.717, 1.165) is 5.56 Å². The minimum atomic E-state index is -0.320. The molecule has 2 atom stereocenters. The van der Waals surface area contributed by atoms with Crippen molar-refractivity contribution >= 4 is 19.2 Å². The van der Waals surface area contributed by atoms with Crippen molar-refractivity contribution in [3.05, 3.63) is 35.9 Å². The standard InChI is InChI=1S/C14H15BO5/c16-11-6-10(7-12(17)19-8-18-11)15-14-13(20-14)9-4-2-1-3-5-9/h1-5,10,13-15H,6-8H2. The van der Waals surface area contributed by atoms with Gasteiger partial charge in [-0.2, -0.15) is 0 Å². The molecule has 20 heavy (non-hydrogen) atoms. The lowest BCUT2D eigenvalue weighted by molar-refractivity contribution is -0.170. The topological polar surface area (TPSA) is 65.1 Å². The quantitative estimate of drug-likeness (QED) is 0.470. The van der Waals surface area contributed by atoms with Gasteiger partial charge in [-0.15, -0.1) is 0 Å². The fraction of sp³-hybridized carbons (Fsp3) is 0.429. The molecule has 5 nitrogen and oxygen atoms in total. The molecular weight excluding hydrogens is 259 g/mol. The van der Waals surface area contributed by atoms with Crippen molar-refractivity contribution in [2.75, 3.05) is 6.79 Å². The first kappa shape index (κ1) is 13.2. The summed E-state index contributed by atoms with van der Waals surface area (Å²) < 4.78 is 15.2. The van der Waals surface area contributed by atoms with E-state index in [4.69, 9.17) is 14.2 Å². The molecule has 104 valence electrons. The fourth-order valence-corrected chi connectivity index (χ4v) is 2.58. The van der Waals surface area contributed by atoms with Crippen molar-refractivity contribution in [2.45, 2.75) is 30.8 Å². The maximum absolute atomic E-state index is 11.5. The van der Waals surface area contributed by atoms with E-state index in [2.05, 4.69) is 0 Å². The van der Waals surface area contributed by atoms with Gasteiger partial charge in [-0.3, -0.25) is 9.59 Å². The molecule has 0 saturated carbocycles. The van der Waals surface area contributed by atoms with Gasteiger partial charge in [0.2, 0.25) is 6.79 Å². The molecule has 1 aromatic carbocycles. The minimum Gasteiger partial charge on any atom is -0.428 e. The number of epoxide rings is 1. The van der Waals surface area contributed by atoms with E-state index in [9.17, 15) is 9.59 Å². The van der Waals surface area contributed by atoms with Crippen LogP contribution >= 0.6 is 0 Å². The van der Waals surface area contributed by atoms with E-state index in [1.165, 1.54) is 0 Å². The SMILES string of the molecule is O=C1CC(BC2OC2c2ccccc2)CC(=O)OCO1. The summed E-state index contributed by atoms with van der Waals surface area (Å²) in [6.07, 6.45) is 0.570. The van der Waals surface area contributed by atoms with Crippen LogP contribution in [0, 0.1) is 0 Å². The Morgan fingerprint density at radius 3 is 2.30 bits per heavy atom. The monoisotopic (exact) mass is 274 g/mol. The molecule has 2 fully saturated rings. The van der Waals surface area contributed by atoms with Gasteiger partial charge >= 0.3 is 11.9 Å². The lowest BCUT2D eigenvalue weighted by atomic mass is 9.58. The Morgan fingerprint density at radius 2 is 1.65 bits per heavy atom. The summed E-state index contributed by atoms with van der Waals surface area (Å²) in [6, 6.07) is 10.0. The summed E-state index contributed by atoms with van der Waals surface area (Å²) in [6.45, 7) is -0.267. The number of esters is 2. The van der Waals surface area contributed by atoms with Crippen molar-refractivity contribution in [1.82, 2.24) is 0 Å². The molecule has 2 heterocycles. The van der Waals surface area contributed by atoms with E-state index in [1.807, 2.05) is 30.3 Å². The van der Waals surface area contributed by atoms with Gasteiger partial charge in [0.15, 0.2) is 7.28 Å². The molecule has 0 aliphatic carbocycles. The Balaban J connectivity index is 1.57. The first-order valence-corrected chi connectivity index (χ1v) is 6.74. The van der Waals surface area contributed by atoms with Crippen molar-refractivity contribution in [3.63, 3.8) is 0 Å². The highest BCUT2D eigenvalue weighted by Crippen LogP contribution is 2.40. The highest BCUT2D eigenvalue weighted by molar-refractivity contribution is 6.41. The molecule has 0 amide bonds. The van der Waals surface area contributed by atoms with Crippen LogP contribution in [0.5, 0.6) is 0 Å². The maximum Gasteiger partial charge on any atom is 0.308 e. The predicted molar refractivity (Wildman–Crippen MR) is 71.2 cm³/mol. The zero-order valence-corrected chi connectivity index (χ0v) is 11.0. The van der Waals surface area contributed by atoms with Crippen molar-refractivity contribution in [3.8, 4) is 0 Å². The molecule has 0 bridgehead atoms. The molecule has 0 N–H and O–H groups in total. The third-order valence-electron chi connectivity index (χ3n) is 3.63. The van der Waals surface area contributed by atoms with Gasteiger partial charge in [-0.25, -0.2) is 0 Å². The molecule has 0 radical (unpaired) electrons. The average Bonchev–Trinajstić information content (AvgIpc) is 3.17. The van der Waals surface area contributed by atoms with Gasteiger partial charge in [-0.1, -0.05) is 30.3 Å². The third kappa shape index (κ3) is 3.19. The van der Waals surface area contributed by atoms with Crippen LogP contribution in [0.25, 0.3) is 0 Å². The van der Waals surface area contributed by atoms with Crippen LogP contribution in [0.1, 0.15) is 24.5 Å². The van der Waals surface area contributed by atoms with Crippen LogP contribution in [0.15, 0.2) is 30.3 Å². The Hall–Kier alpha value is -1.82. The normalized spacial score (nSPS) is 27.0. The highest BCUT2D eigenvalue weighted by atomic mass is 16.7. The van der Waals surface area contributed by atoms with Crippen molar-refractivity contribution < 1.29 is 23.8 Å². The number of rotatable bonds is 3. The number of hydrogen-bond donors (Lipinski definition) is 0. The number of hydrogen-bond acceptors (Lipinski definition) is 5. The fourth-order valence-electron chi connectivity index (χ4n) is 2.58. The Labute approximate surface area is 117 Å². The van der Waals surface area contributed by atoms with E-state index >= 15 is 0 Å². The number of cyclic esters (lactones) is 2. The van der Waals surface area contributed by atoms with Crippen LogP contribution in [0.4, 0.5) is 0 Å². The Bertz CT molecular complexity index is 486. The summed E-state index contributed by atoms with van der Waals surface area (Å²) in [5.74, 6) is -0.715. The van der Waals surface area contributed by atoms with Gasteiger partial charge in [0.25, 0.3) is 0 Å². The first-order chi connectivity index (χ1) is 9.72. The number of carbonyl (C=O) groups excluding carboxylic acids is 2. The lowest BCUT2D eigenvalue weighted by Crippen LogP contribution is -2.24. The molecule has 0 spiro atoms. The van der Waals surface area contributed by atoms with Gasteiger partial charge in [0.05, 0.1) is 6.00 Å². The summed E-state index contributed by atoms with van der Waals surface area (Å²) in [5.41, 5.74) is 1.13. The van der Waals surface area contributed by atoms with Gasteiger partial charge in [0, 0.05) is 12.8 Å². The predicted octanol–water partition coefficient (Wildman–Crippen LogP) is 1.15. The van der Waals surface area contributed by atoms with E-state index in [0.29, 0.717) is 7.28 Å². The lowest BCUT2D eigenvalue weighted by Gasteiger charge is -2.17. The summed E-state index contributed by atoms with van der Waals surface area (Å²) >= 11 is 0. The minimum absolute atomic E-state index is 0.0717. The van der Waals surface area contributed by atoms with Crippen molar-refractivity contribution in [1.29, 1.82) is 0 Å². The molecule has 6 heteroatoms. The molecule has 3 rings (SSSR count). The van der Waals surface area contributed by atoms with E-state index in [-0.39, 0.29) is 49.5 Å². The number of ether oxygens (including phenoxy) is 3. The third-order valence-corrected chi connectivity index (χ3v) is 3.63. The Kier molecular flexibility index (Phi) is 3.73. The van der Waals surface area contributed by atoms with Crippen LogP contribution in [0.3, 0.4) is 0 Å². The highest BCUT2D eigenvalue weighted by Gasteiger charge is 2.43. The second-order valence-corrected chi connectivity index (χ2v) is 5.17. The molecule has 2 unspecified atom stereocenters. The second kappa shape index (κ2) is 5.67. The molecule has 2 saturated heterocycles. The van der Waals surface area contributed by atoms with Crippen molar-refractivity contribution in [2.24, 2.45) is 0 Å². The van der Waals surface area contributed by atoms with E-state index in [1.54, 1.807) is 0 Å². The second-order valence-electron chi connectivity index (χ2n) is 5.17. The van der Waals surface area contributed by atoms with Gasteiger partial charge in [0.1, 0.15) is 6.10 Å². The van der Waals surface area contributed by atoms with Crippen LogP contribution in [0.2, 0.25) is 5.82 Å². The zero-order chi connectivity index (χ0) is 13.9. The number of benzene rings is 1.